The third-order valence-corrected chi connectivity index (χ3v) is 5.71. The standard InChI is InChI=1S/C22H22O11/c1-31-13-4-8(2-3-10(13)24)9-7-32-21-15(17(9)27)11(25)5-12(26)16(21)22-20(30)19(29)18(28)14(6-23)33-22/h2-5,7,14,18-20,22-26,28-30H,6H2,1H3/t14?,18-,19+,20?,22+/m1/s1. The number of phenolic OH excluding ortho intramolecular Hbond substituents is 3. The Morgan fingerprint density at radius 1 is 0.970 bits per heavy atom. The average Bonchev–Trinajstić information content (AvgIpc) is 2.79. The molecule has 0 aliphatic carbocycles. The molecule has 0 radical (unpaired) electrons. The molecule has 2 aromatic carbocycles. The van der Waals surface area contributed by atoms with Gasteiger partial charge < -0.3 is 49.6 Å². The lowest BCUT2D eigenvalue weighted by Gasteiger charge is -2.40. The number of hydrogen-bond donors (Lipinski definition) is 7. The lowest BCUT2D eigenvalue weighted by molar-refractivity contribution is -0.231. The molecule has 7 N–H and O–H groups in total. The summed E-state index contributed by atoms with van der Waals surface area (Å²) < 4.78 is 16.1. The Labute approximate surface area is 185 Å². The minimum absolute atomic E-state index is 0.00143. The highest BCUT2D eigenvalue weighted by atomic mass is 16.5. The topological polar surface area (TPSA) is 190 Å². The van der Waals surface area contributed by atoms with E-state index in [0.29, 0.717) is 5.56 Å². The van der Waals surface area contributed by atoms with Crippen molar-refractivity contribution in [1.82, 2.24) is 0 Å². The third kappa shape index (κ3) is 3.65. The number of aliphatic hydroxyl groups is 4. The first-order valence-electron chi connectivity index (χ1n) is 9.87. The van der Waals surface area contributed by atoms with Gasteiger partial charge in [0.2, 0.25) is 5.43 Å². The van der Waals surface area contributed by atoms with Crippen LogP contribution in [0.5, 0.6) is 23.0 Å². The maximum absolute atomic E-state index is 13.3. The van der Waals surface area contributed by atoms with Crippen molar-refractivity contribution in [2.45, 2.75) is 30.5 Å². The summed E-state index contributed by atoms with van der Waals surface area (Å²) in [4.78, 5) is 13.3. The van der Waals surface area contributed by atoms with E-state index in [1.807, 2.05) is 0 Å². The summed E-state index contributed by atoms with van der Waals surface area (Å²) in [5.41, 5.74) is -0.973. The highest BCUT2D eigenvalue weighted by molar-refractivity contribution is 5.91. The maximum atomic E-state index is 13.3. The van der Waals surface area contributed by atoms with Crippen LogP contribution in [0, 0.1) is 0 Å². The number of aliphatic hydroxyl groups excluding tert-OH is 4. The van der Waals surface area contributed by atoms with Crippen molar-refractivity contribution in [3.05, 3.63) is 46.3 Å². The molecule has 11 nitrogen and oxygen atoms in total. The minimum atomic E-state index is -1.76. The van der Waals surface area contributed by atoms with Gasteiger partial charge in [0.15, 0.2) is 17.1 Å². The third-order valence-electron chi connectivity index (χ3n) is 5.71. The molecule has 1 aliphatic heterocycles. The zero-order chi connectivity index (χ0) is 24.0. The zero-order valence-electron chi connectivity index (χ0n) is 17.2. The predicted octanol–water partition coefficient (Wildman–Crippen LogP) is 0.100. The van der Waals surface area contributed by atoms with E-state index in [1.165, 1.54) is 25.3 Å². The number of benzene rings is 2. The average molecular weight is 462 g/mol. The Hall–Kier alpha value is -3.35. The van der Waals surface area contributed by atoms with Crippen LogP contribution in [0.3, 0.4) is 0 Å². The largest absolute Gasteiger partial charge is 0.507 e. The van der Waals surface area contributed by atoms with Crippen molar-refractivity contribution in [3.63, 3.8) is 0 Å². The molecule has 1 saturated heterocycles. The molecule has 33 heavy (non-hydrogen) atoms. The molecule has 0 spiro atoms. The number of rotatable bonds is 4. The van der Waals surface area contributed by atoms with Crippen LogP contribution >= 0.6 is 0 Å². The molecule has 176 valence electrons. The van der Waals surface area contributed by atoms with Crippen LogP contribution in [0.15, 0.2) is 39.7 Å². The van der Waals surface area contributed by atoms with E-state index in [9.17, 15) is 40.5 Å². The molecule has 3 aromatic rings. The number of phenols is 3. The van der Waals surface area contributed by atoms with Crippen molar-refractivity contribution in [1.29, 1.82) is 0 Å². The first kappa shape index (κ1) is 22.8. The summed E-state index contributed by atoms with van der Waals surface area (Å²) >= 11 is 0. The van der Waals surface area contributed by atoms with Gasteiger partial charge in [0, 0.05) is 6.07 Å². The van der Waals surface area contributed by atoms with Gasteiger partial charge in [0.1, 0.15) is 53.7 Å². The van der Waals surface area contributed by atoms with Crippen LogP contribution in [0.2, 0.25) is 0 Å². The van der Waals surface area contributed by atoms with Crippen LogP contribution < -0.4 is 10.2 Å². The van der Waals surface area contributed by atoms with E-state index in [1.54, 1.807) is 0 Å². The predicted molar refractivity (Wildman–Crippen MR) is 112 cm³/mol. The molecule has 1 aliphatic rings. The van der Waals surface area contributed by atoms with Crippen molar-refractivity contribution in [2.75, 3.05) is 13.7 Å². The molecule has 5 atom stereocenters. The molecule has 11 heteroatoms. The van der Waals surface area contributed by atoms with E-state index in [2.05, 4.69) is 0 Å². The van der Waals surface area contributed by atoms with Gasteiger partial charge in [0.05, 0.1) is 24.8 Å². The van der Waals surface area contributed by atoms with Crippen LogP contribution in [0.25, 0.3) is 22.1 Å². The van der Waals surface area contributed by atoms with E-state index in [0.717, 1.165) is 12.3 Å². The van der Waals surface area contributed by atoms with Gasteiger partial charge in [-0.25, -0.2) is 0 Å². The zero-order valence-corrected chi connectivity index (χ0v) is 17.2. The number of hydrogen-bond acceptors (Lipinski definition) is 11. The lowest BCUT2D eigenvalue weighted by atomic mass is 9.89. The molecule has 0 bridgehead atoms. The molecule has 1 aromatic heterocycles. The second kappa shape index (κ2) is 8.54. The van der Waals surface area contributed by atoms with Gasteiger partial charge in [0.25, 0.3) is 0 Å². The molecule has 2 heterocycles. The number of methoxy groups -OCH3 is 1. The number of aromatic hydroxyl groups is 3. The van der Waals surface area contributed by atoms with E-state index in [-0.39, 0.29) is 33.6 Å². The number of ether oxygens (including phenoxy) is 2. The quantitative estimate of drug-likeness (QED) is 0.278. The van der Waals surface area contributed by atoms with Crippen molar-refractivity contribution in [3.8, 4) is 34.1 Å². The Morgan fingerprint density at radius 3 is 2.36 bits per heavy atom. The highest BCUT2D eigenvalue weighted by Gasteiger charge is 2.46. The van der Waals surface area contributed by atoms with Crippen molar-refractivity contribution in [2.24, 2.45) is 0 Å². The van der Waals surface area contributed by atoms with Crippen molar-refractivity contribution >= 4 is 11.0 Å². The first-order valence-corrected chi connectivity index (χ1v) is 9.87. The smallest absolute Gasteiger partial charge is 0.204 e. The first-order chi connectivity index (χ1) is 15.7. The Kier molecular flexibility index (Phi) is 5.91. The molecule has 0 saturated carbocycles. The summed E-state index contributed by atoms with van der Waals surface area (Å²) in [5, 5.41) is 70.4. The molecular formula is C22H22O11. The Morgan fingerprint density at radius 2 is 1.70 bits per heavy atom. The van der Waals surface area contributed by atoms with Gasteiger partial charge in [-0.1, -0.05) is 6.07 Å². The number of fused-ring (bicyclic) bond motifs is 1. The molecular weight excluding hydrogens is 440 g/mol. The summed E-state index contributed by atoms with van der Waals surface area (Å²) in [6.07, 6.45) is -6.84. The maximum Gasteiger partial charge on any atom is 0.204 e. The second-order valence-corrected chi connectivity index (χ2v) is 7.65. The van der Waals surface area contributed by atoms with E-state index >= 15 is 0 Å². The summed E-state index contributed by atoms with van der Waals surface area (Å²) in [7, 11) is 1.34. The summed E-state index contributed by atoms with van der Waals surface area (Å²) in [6.45, 7) is -0.699. The Bertz CT molecular complexity index is 1250. The minimum Gasteiger partial charge on any atom is -0.507 e. The van der Waals surface area contributed by atoms with Crippen LogP contribution in [-0.4, -0.2) is 73.9 Å². The van der Waals surface area contributed by atoms with Gasteiger partial charge in [-0.3, -0.25) is 4.79 Å². The van der Waals surface area contributed by atoms with Crippen LogP contribution in [0.4, 0.5) is 0 Å². The fourth-order valence-electron chi connectivity index (χ4n) is 3.95. The fraction of sp³-hybridized carbons (Fsp3) is 0.318. The van der Waals surface area contributed by atoms with E-state index in [4.69, 9.17) is 13.9 Å². The van der Waals surface area contributed by atoms with Crippen molar-refractivity contribution < 1.29 is 49.6 Å². The van der Waals surface area contributed by atoms with Gasteiger partial charge >= 0.3 is 0 Å². The van der Waals surface area contributed by atoms with Gasteiger partial charge in [-0.15, -0.1) is 0 Å². The van der Waals surface area contributed by atoms with E-state index < -0.39 is 54.1 Å². The van der Waals surface area contributed by atoms with Gasteiger partial charge in [-0.2, -0.15) is 0 Å². The molecule has 4 rings (SSSR count). The molecule has 2 unspecified atom stereocenters. The monoisotopic (exact) mass is 462 g/mol. The second-order valence-electron chi connectivity index (χ2n) is 7.65. The fourth-order valence-corrected chi connectivity index (χ4v) is 3.95. The Balaban J connectivity index is 1.92. The molecule has 0 amide bonds. The SMILES string of the molecule is COc1cc(-c2coc3c([C@@H]4OC(CO)[C@@H](O)[C@H](O)C4O)c(O)cc(O)c3c2=O)ccc1O. The van der Waals surface area contributed by atoms with Gasteiger partial charge in [-0.05, 0) is 17.7 Å². The normalized spacial score (nSPS) is 25.3. The highest BCUT2D eigenvalue weighted by Crippen LogP contribution is 2.43. The summed E-state index contributed by atoms with van der Waals surface area (Å²) in [5.74, 6) is -1.27. The molecule has 1 fully saturated rings. The lowest BCUT2D eigenvalue weighted by Crippen LogP contribution is -2.55. The van der Waals surface area contributed by atoms with Crippen LogP contribution in [0.1, 0.15) is 11.7 Å². The van der Waals surface area contributed by atoms with Crippen LogP contribution in [-0.2, 0) is 4.74 Å². The summed E-state index contributed by atoms with van der Waals surface area (Å²) in [6, 6.07) is 5.00.